The van der Waals surface area contributed by atoms with Crippen LogP contribution >= 0.6 is 0 Å². The SMILES string of the molecule is COc1ccccc1NC(=O)COc1cccc(C)c1N. The summed E-state index contributed by atoms with van der Waals surface area (Å²) in [5.41, 5.74) is 7.95. The van der Waals surface area contributed by atoms with Crippen molar-refractivity contribution in [3.8, 4) is 11.5 Å². The van der Waals surface area contributed by atoms with Gasteiger partial charge in [-0.05, 0) is 30.7 Å². The number of hydrogen-bond donors (Lipinski definition) is 2. The summed E-state index contributed by atoms with van der Waals surface area (Å²) in [5, 5.41) is 2.74. The lowest BCUT2D eigenvalue weighted by atomic mass is 10.2. The molecule has 0 bridgehead atoms. The van der Waals surface area contributed by atoms with Gasteiger partial charge in [-0.15, -0.1) is 0 Å². The van der Waals surface area contributed by atoms with Crippen LogP contribution in [0.4, 0.5) is 11.4 Å². The van der Waals surface area contributed by atoms with Crippen LogP contribution in [0.3, 0.4) is 0 Å². The molecule has 0 aliphatic carbocycles. The van der Waals surface area contributed by atoms with Crippen molar-refractivity contribution in [2.45, 2.75) is 6.92 Å². The maximum atomic E-state index is 11.9. The Morgan fingerprint density at radius 1 is 1.14 bits per heavy atom. The van der Waals surface area contributed by atoms with Crippen molar-refractivity contribution in [2.24, 2.45) is 0 Å². The van der Waals surface area contributed by atoms with Gasteiger partial charge in [-0.25, -0.2) is 0 Å². The molecule has 3 N–H and O–H groups in total. The number of methoxy groups -OCH3 is 1. The molecule has 2 aromatic rings. The molecule has 2 aromatic carbocycles. The van der Waals surface area contributed by atoms with Crippen LogP contribution in [-0.2, 0) is 4.79 Å². The van der Waals surface area contributed by atoms with E-state index in [-0.39, 0.29) is 12.5 Å². The molecule has 0 atom stereocenters. The van der Waals surface area contributed by atoms with Crippen molar-refractivity contribution in [1.82, 2.24) is 0 Å². The highest BCUT2D eigenvalue weighted by Gasteiger charge is 2.09. The van der Waals surface area contributed by atoms with E-state index in [1.165, 1.54) is 0 Å². The minimum atomic E-state index is -0.277. The van der Waals surface area contributed by atoms with E-state index in [1.807, 2.05) is 31.2 Å². The van der Waals surface area contributed by atoms with Crippen LogP contribution in [-0.4, -0.2) is 19.6 Å². The molecule has 0 aliphatic rings. The fourth-order valence-corrected chi connectivity index (χ4v) is 1.86. The van der Waals surface area contributed by atoms with Crippen molar-refractivity contribution in [3.63, 3.8) is 0 Å². The molecule has 5 heteroatoms. The third-order valence-corrected chi connectivity index (χ3v) is 3.02. The number of anilines is 2. The van der Waals surface area contributed by atoms with E-state index in [9.17, 15) is 4.79 Å². The number of aryl methyl sites for hydroxylation is 1. The van der Waals surface area contributed by atoms with E-state index in [0.29, 0.717) is 22.9 Å². The zero-order valence-corrected chi connectivity index (χ0v) is 12.1. The normalized spacial score (nSPS) is 10.0. The second-order valence-electron chi connectivity index (χ2n) is 4.52. The number of carbonyl (C=O) groups excluding carboxylic acids is 1. The van der Waals surface area contributed by atoms with Crippen LogP contribution in [0.2, 0.25) is 0 Å². The van der Waals surface area contributed by atoms with Crippen molar-refractivity contribution in [3.05, 3.63) is 48.0 Å². The first kappa shape index (κ1) is 14.7. The molecule has 21 heavy (non-hydrogen) atoms. The number of nitrogen functional groups attached to an aromatic ring is 1. The summed E-state index contributed by atoms with van der Waals surface area (Å²) >= 11 is 0. The largest absolute Gasteiger partial charge is 0.495 e. The second-order valence-corrected chi connectivity index (χ2v) is 4.52. The summed E-state index contributed by atoms with van der Waals surface area (Å²) in [6.45, 7) is 1.77. The van der Waals surface area contributed by atoms with Crippen LogP contribution in [0.1, 0.15) is 5.56 Å². The average molecular weight is 286 g/mol. The molecule has 0 saturated heterocycles. The fourth-order valence-electron chi connectivity index (χ4n) is 1.86. The lowest BCUT2D eigenvalue weighted by Crippen LogP contribution is -2.20. The molecular weight excluding hydrogens is 268 g/mol. The Hall–Kier alpha value is -2.69. The highest BCUT2D eigenvalue weighted by molar-refractivity contribution is 5.93. The molecule has 5 nitrogen and oxygen atoms in total. The number of carbonyl (C=O) groups is 1. The van der Waals surface area contributed by atoms with Gasteiger partial charge in [0.15, 0.2) is 6.61 Å². The number of hydrogen-bond acceptors (Lipinski definition) is 4. The quantitative estimate of drug-likeness (QED) is 0.829. The molecule has 0 radical (unpaired) electrons. The van der Waals surface area contributed by atoms with Crippen molar-refractivity contribution in [1.29, 1.82) is 0 Å². The van der Waals surface area contributed by atoms with E-state index >= 15 is 0 Å². The molecule has 0 saturated carbocycles. The first-order valence-electron chi connectivity index (χ1n) is 6.52. The summed E-state index contributed by atoms with van der Waals surface area (Å²) in [6, 6.07) is 12.6. The highest BCUT2D eigenvalue weighted by atomic mass is 16.5. The fraction of sp³-hybridized carbons (Fsp3) is 0.188. The minimum absolute atomic E-state index is 0.119. The molecule has 110 valence electrons. The zero-order chi connectivity index (χ0) is 15.2. The van der Waals surface area contributed by atoms with Crippen LogP contribution in [0.5, 0.6) is 11.5 Å². The lowest BCUT2D eigenvalue weighted by Gasteiger charge is -2.12. The second kappa shape index (κ2) is 6.65. The van der Waals surface area contributed by atoms with Crippen molar-refractivity contribution in [2.75, 3.05) is 24.8 Å². The molecule has 0 spiro atoms. The Bertz CT molecular complexity index is 641. The van der Waals surface area contributed by atoms with Crippen LogP contribution in [0, 0.1) is 6.92 Å². The van der Waals surface area contributed by atoms with Gasteiger partial charge in [0.25, 0.3) is 5.91 Å². The number of ether oxygens (including phenoxy) is 2. The Morgan fingerprint density at radius 3 is 2.62 bits per heavy atom. The van der Waals surface area contributed by atoms with Gasteiger partial charge in [0, 0.05) is 0 Å². The monoisotopic (exact) mass is 286 g/mol. The molecule has 0 heterocycles. The van der Waals surface area contributed by atoms with Crippen molar-refractivity contribution >= 4 is 17.3 Å². The maximum Gasteiger partial charge on any atom is 0.262 e. The summed E-state index contributed by atoms with van der Waals surface area (Å²) < 4.78 is 10.6. The van der Waals surface area contributed by atoms with Gasteiger partial charge in [0.1, 0.15) is 11.5 Å². The van der Waals surface area contributed by atoms with Crippen LogP contribution in [0.15, 0.2) is 42.5 Å². The zero-order valence-electron chi connectivity index (χ0n) is 12.1. The Balaban J connectivity index is 1.98. The minimum Gasteiger partial charge on any atom is -0.495 e. The standard InChI is InChI=1S/C16H18N2O3/c1-11-6-5-9-14(16(11)17)21-10-15(19)18-12-7-3-4-8-13(12)20-2/h3-9H,10,17H2,1-2H3,(H,18,19). The van der Waals surface area contributed by atoms with Crippen LogP contribution in [0.25, 0.3) is 0 Å². The molecule has 0 fully saturated rings. The summed E-state index contributed by atoms with van der Waals surface area (Å²) in [5.74, 6) is 0.825. The average Bonchev–Trinajstić information content (AvgIpc) is 2.49. The summed E-state index contributed by atoms with van der Waals surface area (Å²) in [4.78, 5) is 11.9. The molecule has 1 amide bonds. The number of rotatable bonds is 5. The lowest BCUT2D eigenvalue weighted by molar-refractivity contribution is -0.118. The van der Waals surface area contributed by atoms with Crippen molar-refractivity contribution < 1.29 is 14.3 Å². The smallest absolute Gasteiger partial charge is 0.262 e. The predicted octanol–water partition coefficient (Wildman–Crippen LogP) is 2.60. The third-order valence-electron chi connectivity index (χ3n) is 3.02. The Labute approximate surface area is 123 Å². The number of amides is 1. The van der Waals surface area contributed by atoms with Gasteiger partial charge in [-0.3, -0.25) is 4.79 Å². The molecule has 0 aromatic heterocycles. The number of nitrogens with one attached hydrogen (secondary N) is 1. The van der Waals surface area contributed by atoms with E-state index in [0.717, 1.165) is 5.56 Å². The third kappa shape index (κ3) is 3.66. The Kier molecular flexibility index (Phi) is 4.66. The van der Waals surface area contributed by atoms with Crippen LogP contribution < -0.4 is 20.5 Å². The topological polar surface area (TPSA) is 73.6 Å². The van der Waals surface area contributed by atoms with Gasteiger partial charge in [0.05, 0.1) is 18.5 Å². The van der Waals surface area contributed by atoms with E-state index in [4.69, 9.17) is 15.2 Å². The number of para-hydroxylation sites is 3. The molecule has 0 aliphatic heterocycles. The summed E-state index contributed by atoms with van der Waals surface area (Å²) in [7, 11) is 1.55. The first-order valence-corrected chi connectivity index (χ1v) is 6.52. The molecule has 2 rings (SSSR count). The number of nitrogens with two attached hydrogens (primary N) is 1. The maximum absolute atomic E-state index is 11.9. The Morgan fingerprint density at radius 2 is 1.86 bits per heavy atom. The summed E-state index contributed by atoms with van der Waals surface area (Å²) in [6.07, 6.45) is 0. The van der Waals surface area contributed by atoms with E-state index in [1.54, 1.807) is 25.3 Å². The van der Waals surface area contributed by atoms with E-state index < -0.39 is 0 Å². The first-order chi connectivity index (χ1) is 10.1. The molecule has 0 unspecified atom stereocenters. The predicted molar refractivity (Wildman–Crippen MR) is 82.7 cm³/mol. The molecular formula is C16H18N2O3. The van der Waals surface area contributed by atoms with E-state index in [2.05, 4.69) is 5.32 Å². The van der Waals surface area contributed by atoms with Gasteiger partial charge in [-0.1, -0.05) is 24.3 Å². The van der Waals surface area contributed by atoms with Gasteiger partial charge >= 0.3 is 0 Å². The van der Waals surface area contributed by atoms with Gasteiger partial charge in [0.2, 0.25) is 0 Å². The van der Waals surface area contributed by atoms with Gasteiger partial charge < -0.3 is 20.5 Å². The number of benzene rings is 2. The highest BCUT2D eigenvalue weighted by Crippen LogP contribution is 2.25. The van der Waals surface area contributed by atoms with Gasteiger partial charge in [-0.2, -0.15) is 0 Å².